The van der Waals surface area contributed by atoms with Gasteiger partial charge in [0.2, 0.25) is 0 Å². The number of thiocarbonyl (C=S) groups is 1. The van der Waals surface area contributed by atoms with Crippen molar-refractivity contribution in [2.24, 2.45) is 10.8 Å². The van der Waals surface area contributed by atoms with Crippen LogP contribution in [0, 0.1) is 0 Å². The van der Waals surface area contributed by atoms with Crippen LogP contribution in [-0.2, 0) is 0 Å². The van der Waals surface area contributed by atoms with E-state index in [9.17, 15) is 0 Å². The molecule has 0 atom stereocenters. The minimum Gasteiger partial charge on any atom is -0.375 e. The number of aromatic nitrogens is 1. The first-order chi connectivity index (χ1) is 5.79. The van der Waals surface area contributed by atoms with Gasteiger partial charge in [-0.05, 0) is 12.2 Å². The van der Waals surface area contributed by atoms with Crippen molar-refractivity contribution in [1.82, 2.24) is 5.43 Å². The van der Waals surface area contributed by atoms with Crippen LogP contribution in [0.15, 0.2) is 29.6 Å². The average Bonchev–Trinajstić information content (AvgIpc) is 2.05. The molecule has 12 heavy (non-hydrogen) atoms. The Hall–Kier alpha value is -1.49. The summed E-state index contributed by atoms with van der Waals surface area (Å²) in [5.41, 5.74) is 8.59. The highest BCUT2D eigenvalue weighted by molar-refractivity contribution is 7.80. The fourth-order valence-electron chi connectivity index (χ4n) is 0.656. The molecule has 0 radical (unpaired) electrons. The second-order valence-corrected chi connectivity index (χ2v) is 2.51. The SMILES string of the molecule is NC(=S)NN=Cc1cc[nH+]cc1. The number of hydrogen-bond acceptors (Lipinski definition) is 2. The van der Waals surface area contributed by atoms with Crippen LogP contribution in [0.2, 0.25) is 0 Å². The molecule has 5 heteroatoms. The monoisotopic (exact) mass is 181 g/mol. The number of nitrogens with zero attached hydrogens (tertiary/aromatic N) is 1. The van der Waals surface area contributed by atoms with Crippen LogP contribution >= 0.6 is 12.2 Å². The fraction of sp³-hybridized carbons (Fsp3) is 0. The first kappa shape index (κ1) is 8.61. The summed E-state index contributed by atoms with van der Waals surface area (Å²) in [6.45, 7) is 0. The van der Waals surface area contributed by atoms with E-state index in [1.807, 2.05) is 24.5 Å². The lowest BCUT2D eigenvalue weighted by Crippen LogP contribution is -2.24. The molecule has 1 aromatic rings. The van der Waals surface area contributed by atoms with Crippen molar-refractivity contribution in [3.05, 3.63) is 30.1 Å². The van der Waals surface area contributed by atoms with Gasteiger partial charge < -0.3 is 5.73 Å². The number of rotatable bonds is 2. The smallest absolute Gasteiger partial charge is 0.184 e. The van der Waals surface area contributed by atoms with Crippen LogP contribution in [-0.4, -0.2) is 11.3 Å². The molecule has 62 valence electrons. The van der Waals surface area contributed by atoms with Crippen molar-refractivity contribution in [2.45, 2.75) is 0 Å². The number of nitrogens with two attached hydrogens (primary N) is 1. The Labute approximate surface area is 75.5 Å². The highest BCUT2D eigenvalue weighted by Gasteiger charge is 1.86. The van der Waals surface area contributed by atoms with E-state index >= 15 is 0 Å². The number of hydrogen-bond donors (Lipinski definition) is 2. The fourth-order valence-corrected chi connectivity index (χ4v) is 0.709. The second kappa shape index (κ2) is 4.40. The maximum atomic E-state index is 5.16. The molecule has 4 N–H and O–H groups in total. The van der Waals surface area contributed by atoms with Crippen LogP contribution in [0.4, 0.5) is 0 Å². The Bertz CT molecular complexity index is 283. The zero-order valence-corrected chi connectivity index (χ0v) is 7.14. The van der Waals surface area contributed by atoms with E-state index in [2.05, 4.69) is 27.7 Å². The van der Waals surface area contributed by atoms with Crippen LogP contribution in [0.5, 0.6) is 0 Å². The molecule has 0 saturated carbocycles. The summed E-state index contributed by atoms with van der Waals surface area (Å²) in [5.74, 6) is 0. The predicted molar refractivity (Wildman–Crippen MR) is 50.5 cm³/mol. The standard InChI is InChI=1S/C7H8N4S/c8-7(12)11-10-5-6-1-3-9-4-2-6/h1-5H,(H3,8,11,12)/p+1. The molecule has 0 aliphatic rings. The molecule has 0 saturated heterocycles. The van der Waals surface area contributed by atoms with E-state index in [0.29, 0.717) is 0 Å². The molecule has 4 nitrogen and oxygen atoms in total. The molecule has 0 amide bonds. The van der Waals surface area contributed by atoms with Gasteiger partial charge in [0.25, 0.3) is 0 Å². The molecule has 0 spiro atoms. The quantitative estimate of drug-likeness (QED) is 0.373. The van der Waals surface area contributed by atoms with Crippen LogP contribution in [0.25, 0.3) is 0 Å². The maximum absolute atomic E-state index is 5.16. The molecular weight excluding hydrogens is 172 g/mol. The third-order valence-corrected chi connectivity index (χ3v) is 1.22. The predicted octanol–water partition coefficient (Wildman–Crippen LogP) is -0.332. The summed E-state index contributed by atoms with van der Waals surface area (Å²) in [6.07, 6.45) is 5.25. The second-order valence-electron chi connectivity index (χ2n) is 2.07. The lowest BCUT2D eigenvalue weighted by atomic mass is 10.3. The van der Waals surface area contributed by atoms with Crippen molar-refractivity contribution in [2.75, 3.05) is 0 Å². The third-order valence-electron chi connectivity index (χ3n) is 1.13. The third kappa shape index (κ3) is 3.07. The van der Waals surface area contributed by atoms with Gasteiger partial charge in [-0.3, -0.25) is 5.43 Å². The zero-order chi connectivity index (χ0) is 8.81. The van der Waals surface area contributed by atoms with Gasteiger partial charge in [-0.25, -0.2) is 4.98 Å². The van der Waals surface area contributed by atoms with E-state index in [1.165, 1.54) is 0 Å². The normalized spacial score (nSPS) is 10.0. The Balaban J connectivity index is 2.52. The Morgan fingerprint density at radius 2 is 2.25 bits per heavy atom. The number of aromatic amines is 1. The zero-order valence-electron chi connectivity index (χ0n) is 6.32. The topological polar surface area (TPSA) is 64.5 Å². The van der Waals surface area contributed by atoms with Crippen LogP contribution in [0.3, 0.4) is 0 Å². The van der Waals surface area contributed by atoms with E-state index in [0.717, 1.165) is 5.56 Å². The van der Waals surface area contributed by atoms with E-state index in [1.54, 1.807) is 6.21 Å². The molecule has 1 rings (SSSR count). The van der Waals surface area contributed by atoms with Crippen LogP contribution < -0.4 is 16.1 Å². The van der Waals surface area contributed by atoms with Crippen molar-refractivity contribution in [1.29, 1.82) is 0 Å². The number of hydrazone groups is 1. The van der Waals surface area contributed by atoms with E-state index < -0.39 is 0 Å². The highest BCUT2D eigenvalue weighted by atomic mass is 32.1. The molecule has 0 aromatic carbocycles. The highest BCUT2D eigenvalue weighted by Crippen LogP contribution is 1.87. The van der Waals surface area contributed by atoms with Gasteiger partial charge in [0.1, 0.15) is 0 Å². The summed E-state index contributed by atoms with van der Waals surface area (Å²) in [5, 5.41) is 3.95. The number of pyridine rings is 1. The molecule has 0 aliphatic carbocycles. The summed E-state index contributed by atoms with van der Waals surface area (Å²) >= 11 is 4.56. The minimum atomic E-state index is 0.161. The molecule has 1 heterocycles. The van der Waals surface area contributed by atoms with Gasteiger partial charge in [-0.15, -0.1) is 0 Å². The lowest BCUT2D eigenvalue weighted by Gasteiger charge is -1.92. The van der Waals surface area contributed by atoms with Crippen molar-refractivity contribution in [3.63, 3.8) is 0 Å². The molecule has 0 bridgehead atoms. The summed E-state index contributed by atoms with van der Waals surface area (Å²) in [7, 11) is 0. The van der Waals surface area contributed by atoms with Crippen molar-refractivity contribution in [3.8, 4) is 0 Å². The van der Waals surface area contributed by atoms with Gasteiger partial charge in [-0.2, -0.15) is 5.10 Å². The number of H-pyrrole nitrogens is 1. The molecule has 0 aliphatic heterocycles. The van der Waals surface area contributed by atoms with Crippen molar-refractivity contribution < 1.29 is 4.98 Å². The molecule has 0 fully saturated rings. The Kier molecular flexibility index (Phi) is 3.16. The summed E-state index contributed by atoms with van der Waals surface area (Å²) in [4.78, 5) is 2.90. The van der Waals surface area contributed by atoms with Crippen LogP contribution in [0.1, 0.15) is 5.56 Å². The summed E-state index contributed by atoms with van der Waals surface area (Å²) in [6, 6.07) is 3.76. The first-order valence-electron chi connectivity index (χ1n) is 3.33. The molecule has 1 aromatic heterocycles. The molecular formula is C7H9N4S+. The van der Waals surface area contributed by atoms with Gasteiger partial charge in [-0.1, -0.05) is 0 Å². The summed E-state index contributed by atoms with van der Waals surface area (Å²) < 4.78 is 0. The minimum absolute atomic E-state index is 0.161. The van der Waals surface area contributed by atoms with Gasteiger partial charge in [0, 0.05) is 17.7 Å². The van der Waals surface area contributed by atoms with Gasteiger partial charge in [0.15, 0.2) is 17.5 Å². The van der Waals surface area contributed by atoms with Crippen molar-refractivity contribution >= 4 is 23.5 Å². The maximum Gasteiger partial charge on any atom is 0.184 e. The van der Waals surface area contributed by atoms with Gasteiger partial charge >= 0.3 is 0 Å². The van der Waals surface area contributed by atoms with Gasteiger partial charge in [0.05, 0.1) is 6.21 Å². The first-order valence-corrected chi connectivity index (χ1v) is 3.74. The Morgan fingerprint density at radius 3 is 2.83 bits per heavy atom. The average molecular weight is 181 g/mol. The Morgan fingerprint density at radius 1 is 1.58 bits per heavy atom. The largest absolute Gasteiger partial charge is 0.375 e. The number of nitrogens with one attached hydrogen (secondary N) is 2. The molecule has 0 unspecified atom stereocenters. The lowest BCUT2D eigenvalue weighted by molar-refractivity contribution is -0.378. The van der Waals surface area contributed by atoms with E-state index in [-0.39, 0.29) is 5.11 Å². The van der Waals surface area contributed by atoms with E-state index in [4.69, 9.17) is 5.73 Å².